The number of rotatable bonds is 13. The van der Waals surface area contributed by atoms with E-state index in [4.69, 9.17) is 0 Å². The summed E-state index contributed by atoms with van der Waals surface area (Å²) in [4.78, 5) is 30.8. The summed E-state index contributed by atoms with van der Waals surface area (Å²) in [6, 6.07) is 17.8. The van der Waals surface area contributed by atoms with Crippen molar-refractivity contribution >= 4 is 17.5 Å². The molecule has 3 heterocycles. The second-order valence-electron chi connectivity index (χ2n) is 10.8. The molecule has 1 saturated carbocycles. The average Bonchev–Trinajstić information content (AvgIpc) is 3.03. The molecule has 0 bridgehead atoms. The predicted molar refractivity (Wildman–Crippen MR) is 161 cm³/mol. The molecule has 14 heteroatoms. The third-order valence-electron chi connectivity index (χ3n) is 7.67. The Morgan fingerprint density at radius 3 is 2.13 bits per heavy atom. The van der Waals surface area contributed by atoms with Crippen LogP contribution in [0.15, 0.2) is 79.3 Å². The monoisotopic (exact) mass is 622 g/mol. The second kappa shape index (κ2) is 14.8. The van der Waals surface area contributed by atoms with E-state index in [-0.39, 0.29) is 41.2 Å². The number of halogens is 3. The normalized spacial score (nSPS) is 16.7. The number of nitro groups is 1. The van der Waals surface area contributed by atoms with Crippen LogP contribution in [-0.2, 0) is 19.6 Å². The Morgan fingerprint density at radius 2 is 1.53 bits per heavy atom. The molecule has 0 amide bonds. The van der Waals surface area contributed by atoms with E-state index in [0.717, 1.165) is 43.3 Å². The zero-order valence-electron chi connectivity index (χ0n) is 24.4. The van der Waals surface area contributed by atoms with Gasteiger partial charge in [0.2, 0.25) is 11.8 Å². The van der Waals surface area contributed by atoms with Crippen molar-refractivity contribution in [1.82, 2.24) is 24.8 Å². The van der Waals surface area contributed by atoms with Crippen molar-refractivity contribution in [2.45, 2.75) is 57.7 Å². The molecule has 0 unspecified atom stereocenters. The van der Waals surface area contributed by atoms with E-state index in [1.54, 1.807) is 18.5 Å². The maximum atomic E-state index is 12.8. The Hall–Kier alpha value is -4.85. The van der Waals surface area contributed by atoms with Gasteiger partial charge in [-0.1, -0.05) is 30.3 Å². The molecule has 5 rings (SSSR count). The molecule has 4 aromatic rings. The summed E-state index contributed by atoms with van der Waals surface area (Å²) in [7, 11) is 0. The minimum Gasteiger partial charge on any atom is -0.405 e. The van der Waals surface area contributed by atoms with Gasteiger partial charge < -0.3 is 15.4 Å². The summed E-state index contributed by atoms with van der Waals surface area (Å²) in [6.07, 6.45) is 3.56. The van der Waals surface area contributed by atoms with Gasteiger partial charge in [-0.3, -0.25) is 25.0 Å². The summed E-state index contributed by atoms with van der Waals surface area (Å²) in [5, 5.41) is 17.7. The van der Waals surface area contributed by atoms with Gasteiger partial charge in [-0.05, 0) is 61.9 Å². The molecule has 0 atom stereocenters. The van der Waals surface area contributed by atoms with Crippen molar-refractivity contribution in [1.29, 1.82) is 0 Å². The zero-order chi connectivity index (χ0) is 31.6. The molecule has 1 aliphatic rings. The number of nitrogens with one attached hydrogen (secondary N) is 2. The molecular weight excluding hydrogens is 589 g/mol. The van der Waals surface area contributed by atoms with Gasteiger partial charge in [0.15, 0.2) is 0 Å². The molecule has 11 nitrogen and oxygen atoms in total. The lowest BCUT2D eigenvalue weighted by Gasteiger charge is -2.36. The van der Waals surface area contributed by atoms with Crippen LogP contribution in [0.2, 0.25) is 0 Å². The lowest BCUT2D eigenvalue weighted by Crippen LogP contribution is -2.38. The molecule has 1 aliphatic carbocycles. The SMILES string of the molecule is O=[N+]([O-])c1cnc(NCc2ccccc2OC(F)(F)F)nc1NC[C@H]1CC[C@H](N(Cc2ccccn2)Cc2ccccn2)CC1. The number of hydrogen-bond donors (Lipinski definition) is 2. The number of ether oxygens (including phenoxy) is 1. The van der Waals surface area contributed by atoms with Crippen LogP contribution in [0, 0.1) is 16.0 Å². The van der Waals surface area contributed by atoms with Gasteiger partial charge in [-0.25, -0.2) is 4.98 Å². The van der Waals surface area contributed by atoms with Gasteiger partial charge in [-0.2, -0.15) is 4.98 Å². The standard InChI is InChI=1S/C31H33F3N8O3/c32-31(33,34)45-28-10-2-1-7-23(28)18-38-30-39-19-27(42(43)44)29(40-30)37-17-22-11-13-26(14-12-22)41(20-24-8-3-5-15-35-24)21-25-9-4-6-16-36-25/h1-10,15-16,19,22,26H,11-14,17-18,20-21H2,(H2,37,38,39,40)/t22-,26-. The smallest absolute Gasteiger partial charge is 0.405 e. The van der Waals surface area contributed by atoms with Crippen molar-refractivity contribution in [3.05, 3.63) is 106 Å². The van der Waals surface area contributed by atoms with Crippen molar-refractivity contribution in [2.24, 2.45) is 5.92 Å². The summed E-state index contributed by atoms with van der Waals surface area (Å²) >= 11 is 0. The van der Waals surface area contributed by atoms with Gasteiger partial charge in [0.25, 0.3) is 0 Å². The van der Waals surface area contributed by atoms with Crippen LogP contribution in [0.1, 0.15) is 42.6 Å². The number of anilines is 2. The fraction of sp³-hybridized carbons (Fsp3) is 0.355. The lowest BCUT2D eigenvalue weighted by molar-refractivity contribution is -0.384. The minimum atomic E-state index is -4.84. The second-order valence-corrected chi connectivity index (χ2v) is 10.8. The number of benzene rings is 1. The molecule has 0 saturated heterocycles. The summed E-state index contributed by atoms with van der Waals surface area (Å²) in [6.45, 7) is 1.81. The number of para-hydroxylation sites is 1. The average molecular weight is 623 g/mol. The van der Waals surface area contributed by atoms with Gasteiger partial charge in [0.05, 0.1) is 16.3 Å². The first kappa shape index (κ1) is 31.6. The van der Waals surface area contributed by atoms with Crippen molar-refractivity contribution < 1.29 is 22.8 Å². The molecule has 0 aliphatic heterocycles. The number of aromatic nitrogens is 4. The van der Waals surface area contributed by atoms with Gasteiger partial charge in [-0.15, -0.1) is 13.2 Å². The fourth-order valence-electron chi connectivity index (χ4n) is 5.44. The number of alkyl halides is 3. The Balaban J connectivity index is 1.19. The first-order valence-corrected chi connectivity index (χ1v) is 14.6. The minimum absolute atomic E-state index is 0.0355. The van der Waals surface area contributed by atoms with Crippen molar-refractivity contribution in [3.8, 4) is 5.75 Å². The van der Waals surface area contributed by atoms with Crippen LogP contribution in [0.5, 0.6) is 5.75 Å². The first-order valence-electron chi connectivity index (χ1n) is 14.6. The highest BCUT2D eigenvalue weighted by atomic mass is 19.4. The van der Waals surface area contributed by atoms with Crippen LogP contribution in [0.3, 0.4) is 0 Å². The third kappa shape index (κ3) is 9.32. The fourth-order valence-corrected chi connectivity index (χ4v) is 5.44. The molecule has 236 valence electrons. The molecular formula is C31H33F3N8O3. The number of hydrogen-bond acceptors (Lipinski definition) is 10. The third-order valence-corrected chi connectivity index (χ3v) is 7.67. The van der Waals surface area contributed by atoms with E-state index >= 15 is 0 Å². The number of nitrogens with zero attached hydrogens (tertiary/aromatic N) is 6. The first-order chi connectivity index (χ1) is 21.7. The maximum absolute atomic E-state index is 12.8. The Labute approximate surface area is 258 Å². The molecule has 3 aromatic heterocycles. The van der Waals surface area contributed by atoms with E-state index in [2.05, 4.69) is 40.2 Å². The van der Waals surface area contributed by atoms with E-state index < -0.39 is 11.3 Å². The van der Waals surface area contributed by atoms with Crippen molar-refractivity contribution in [2.75, 3.05) is 17.2 Å². The quantitative estimate of drug-likeness (QED) is 0.128. The van der Waals surface area contributed by atoms with Gasteiger partial charge >= 0.3 is 12.0 Å². The van der Waals surface area contributed by atoms with E-state index in [1.165, 1.54) is 18.2 Å². The summed E-state index contributed by atoms with van der Waals surface area (Å²) in [5.74, 6) is -0.00292. The van der Waals surface area contributed by atoms with Crippen LogP contribution in [0.25, 0.3) is 0 Å². The predicted octanol–water partition coefficient (Wildman–Crippen LogP) is 6.36. The van der Waals surface area contributed by atoms with Gasteiger partial charge in [0.1, 0.15) is 11.9 Å². The Morgan fingerprint density at radius 1 is 0.889 bits per heavy atom. The topological polar surface area (TPSA) is 131 Å². The summed E-state index contributed by atoms with van der Waals surface area (Å²) in [5.41, 5.74) is 1.93. The van der Waals surface area contributed by atoms with Crippen LogP contribution >= 0.6 is 0 Å². The molecule has 0 radical (unpaired) electrons. The molecule has 45 heavy (non-hydrogen) atoms. The van der Waals surface area contributed by atoms with Crippen LogP contribution in [-0.4, -0.2) is 48.7 Å². The highest BCUT2D eigenvalue weighted by Gasteiger charge is 2.32. The van der Waals surface area contributed by atoms with Crippen molar-refractivity contribution in [3.63, 3.8) is 0 Å². The summed E-state index contributed by atoms with van der Waals surface area (Å²) < 4.78 is 42.5. The number of pyridine rings is 2. The maximum Gasteiger partial charge on any atom is 0.573 e. The van der Waals surface area contributed by atoms with E-state index in [1.807, 2.05) is 36.4 Å². The molecule has 1 fully saturated rings. The van der Waals surface area contributed by atoms with E-state index in [0.29, 0.717) is 25.7 Å². The Kier molecular flexibility index (Phi) is 10.3. The van der Waals surface area contributed by atoms with Crippen LogP contribution < -0.4 is 15.4 Å². The van der Waals surface area contributed by atoms with Crippen LogP contribution in [0.4, 0.5) is 30.6 Å². The molecule has 0 spiro atoms. The molecule has 1 aromatic carbocycles. The lowest BCUT2D eigenvalue weighted by atomic mass is 9.85. The van der Waals surface area contributed by atoms with E-state index in [9.17, 15) is 23.3 Å². The largest absolute Gasteiger partial charge is 0.573 e. The Bertz CT molecular complexity index is 1500. The van der Waals surface area contributed by atoms with Gasteiger partial charge in [0, 0.05) is 50.2 Å². The highest BCUT2D eigenvalue weighted by molar-refractivity contribution is 5.57. The molecule has 2 N–H and O–H groups in total. The highest BCUT2D eigenvalue weighted by Crippen LogP contribution is 2.31. The zero-order valence-corrected chi connectivity index (χ0v) is 24.4.